The first-order valence-electron chi connectivity index (χ1n) is 12.9. The van der Waals surface area contributed by atoms with Gasteiger partial charge in [0.25, 0.3) is 17.4 Å². The van der Waals surface area contributed by atoms with Crippen LogP contribution in [-0.4, -0.2) is 52.1 Å². The van der Waals surface area contributed by atoms with Crippen LogP contribution in [0.4, 0.5) is 0 Å². The minimum absolute atomic E-state index is 0.0433. The van der Waals surface area contributed by atoms with Gasteiger partial charge in [0.2, 0.25) is 11.7 Å². The van der Waals surface area contributed by atoms with Crippen LogP contribution in [0.5, 0.6) is 0 Å². The summed E-state index contributed by atoms with van der Waals surface area (Å²) in [7, 11) is 0. The maximum absolute atomic E-state index is 13.4. The van der Waals surface area contributed by atoms with E-state index in [-0.39, 0.29) is 17.9 Å². The number of hydrogen-bond acceptors (Lipinski definition) is 5. The largest absolute Gasteiger partial charge is 0.351 e. The molecule has 1 saturated carbocycles. The number of fused-ring (bicyclic) bond motifs is 1. The second-order valence-electron chi connectivity index (χ2n) is 10.2. The van der Waals surface area contributed by atoms with Crippen molar-refractivity contribution in [3.8, 4) is 0 Å². The van der Waals surface area contributed by atoms with Crippen LogP contribution in [0, 0.1) is 11.8 Å². The summed E-state index contributed by atoms with van der Waals surface area (Å²) in [6.07, 6.45) is 3.60. The van der Waals surface area contributed by atoms with Gasteiger partial charge in [-0.2, -0.15) is 0 Å². The van der Waals surface area contributed by atoms with Crippen LogP contribution in [0.3, 0.4) is 0 Å². The minimum Gasteiger partial charge on any atom is -0.351 e. The van der Waals surface area contributed by atoms with E-state index in [1.165, 1.54) is 12.3 Å². The molecule has 1 aromatic carbocycles. The molecule has 10 nitrogen and oxygen atoms in total. The molecule has 1 aliphatic rings. The van der Waals surface area contributed by atoms with E-state index in [1.54, 1.807) is 12.1 Å². The Balaban J connectivity index is 1.51. The average Bonchev–Trinajstić information content (AvgIpc) is 3.62. The molecule has 3 amide bonds. The van der Waals surface area contributed by atoms with Crippen molar-refractivity contribution in [2.24, 2.45) is 11.8 Å². The van der Waals surface area contributed by atoms with Gasteiger partial charge in [0.1, 0.15) is 17.8 Å². The van der Waals surface area contributed by atoms with Gasteiger partial charge in [-0.3, -0.25) is 24.0 Å². The molecule has 2 unspecified atom stereocenters. The molecular formula is C28H33N5O5. The zero-order valence-electron chi connectivity index (χ0n) is 21.5. The van der Waals surface area contributed by atoms with Gasteiger partial charge in [-0.25, -0.2) is 0 Å². The second-order valence-corrected chi connectivity index (χ2v) is 10.2. The number of carbonyl (C=O) groups is 4. The summed E-state index contributed by atoms with van der Waals surface area (Å²) in [6.45, 7) is 4.22. The molecular weight excluding hydrogens is 486 g/mol. The molecule has 0 spiro atoms. The lowest BCUT2D eigenvalue weighted by Crippen LogP contribution is -2.55. The number of rotatable bonds is 12. The Kier molecular flexibility index (Phi) is 8.40. The van der Waals surface area contributed by atoms with Crippen molar-refractivity contribution in [1.29, 1.82) is 0 Å². The zero-order chi connectivity index (χ0) is 27.2. The first-order valence-corrected chi connectivity index (χ1v) is 12.9. The molecule has 38 heavy (non-hydrogen) atoms. The molecule has 10 heteroatoms. The quantitative estimate of drug-likeness (QED) is 0.231. The van der Waals surface area contributed by atoms with Crippen molar-refractivity contribution in [1.82, 2.24) is 25.9 Å². The number of aromatic amines is 2. The van der Waals surface area contributed by atoms with Crippen LogP contribution in [0.1, 0.15) is 49.2 Å². The van der Waals surface area contributed by atoms with Crippen LogP contribution in [0.2, 0.25) is 0 Å². The highest BCUT2D eigenvalue weighted by Gasteiger charge is 2.32. The monoisotopic (exact) mass is 519 g/mol. The summed E-state index contributed by atoms with van der Waals surface area (Å²) >= 11 is 0. The lowest BCUT2D eigenvalue weighted by Gasteiger charge is -2.23. The van der Waals surface area contributed by atoms with Crippen molar-refractivity contribution in [2.75, 3.05) is 6.54 Å². The number of benzene rings is 1. The summed E-state index contributed by atoms with van der Waals surface area (Å²) in [5.41, 5.74) is 0.932. The molecule has 1 aliphatic carbocycles. The highest BCUT2D eigenvalue weighted by Crippen LogP contribution is 2.27. The summed E-state index contributed by atoms with van der Waals surface area (Å²) < 4.78 is 0. The van der Waals surface area contributed by atoms with Gasteiger partial charge < -0.3 is 25.9 Å². The molecule has 3 aromatic rings. The number of hydrogen-bond donors (Lipinski definition) is 5. The van der Waals surface area contributed by atoms with E-state index in [0.717, 1.165) is 23.7 Å². The van der Waals surface area contributed by atoms with Gasteiger partial charge in [-0.1, -0.05) is 38.1 Å². The molecule has 200 valence electrons. The van der Waals surface area contributed by atoms with Crippen molar-refractivity contribution in [3.63, 3.8) is 0 Å². The van der Waals surface area contributed by atoms with Crippen LogP contribution in [-0.2, 0) is 20.8 Å². The maximum Gasteiger partial charge on any atom is 0.289 e. The van der Waals surface area contributed by atoms with E-state index in [4.69, 9.17) is 0 Å². The molecule has 2 heterocycles. The van der Waals surface area contributed by atoms with E-state index in [9.17, 15) is 24.0 Å². The SMILES string of the molecule is CC(C)CC(NC(=O)c1cc2ccccc2[nH]1)C(=O)NC(Cc1ccc[nH]c1=O)C(=O)C(=O)NCC1CC1. The number of aromatic nitrogens is 2. The second kappa shape index (κ2) is 11.9. The lowest BCUT2D eigenvalue weighted by molar-refractivity contribution is -0.140. The zero-order valence-corrected chi connectivity index (χ0v) is 21.5. The number of Topliss-reactive ketones (excluding diaryl/α,β-unsaturated/α-hetero) is 1. The third-order valence-electron chi connectivity index (χ3n) is 6.53. The van der Waals surface area contributed by atoms with E-state index < -0.39 is 41.1 Å². The van der Waals surface area contributed by atoms with Crippen molar-refractivity contribution in [3.05, 3.63) is 70.3 Å². The third kappa shape index (κ3) is 6.96. The van der Waals surface area contributed by atoms with Gasteiger partial charge in [0, 0.05) is 35.6 Å². The topological polar surface area (TPSA) is 153 Å². The predicted molar refractivity (Wildman–Crippen MR) is 142 cm³/mol. The number of ketones is 1. The molecule has 0 radical (unpaired) electrons. The van der Waals surface area contributed by atoms with Crippen LogP contribution in [0.25, 0.3) is 10.9 Å². The number of H-pyrrole nitrogens is 2. The average molecular weight is 520 g/mol. The Morgan fingerprint density at radius 3 is 2.45 bits per heavy atom. The third-order valence-corrected chi connectivity index (χ3v) is 6.53. The van der Waals surface area contributed by atoms with Gasteiger partial charge in [0.15, 0.2) is 0 Å². The fraction of sp³-hybridized carbons (Fsp3) is 0.393. The number of amides is 3. The van der Waals surface area contributed by atoms with Gasteiger partial charge >= 0.3 is 0 Å². The van der Waals surface area contributed by atoms with Crippen LogP contribution in [0.15, 0.2) is 53.5 Å². The first kappa shape index (κ1) is 26.8. The molecule has 4 rings (SSSR count). The van der Waals surface area contributed by atoms with Crippen molar-refractivity contribution >= 4 is 34.4 Å². The van der Waals surface area contributed by atoms with E-state index in [1.807, 2.05) is 38.1 Å². The fourth-order valence-corrected chi connectivity index (χ4v) is 4.26. The predicted octanol–water partition coefficient (Wildman–Crippen LogP) is 1.82. The molecule has 5 N–H and O–H groups in total. The highest BCUT2D eigenvalue weighted by molar-refractivity contribution is 6.38. The number of carbonyl (C=O) groups excluding carboxylic acids is 4. The smallest absolute Gasteiger partial charge is 0.289 e. The van der Waals surface area contributed by atoms with E-state index in [0.29, 0.717) is 24.6 Å². The van der Waals surface area contributed by atoms with Crippen LogP contribution >= 0.6 is 0 Å². The Morgan fingerprint density at radius 1 is 1.00 bits per heavy atom. The Bertz CT molecular complexity index is 1350. The molecule has 0 aliphatic heterocycles. The first-order chi connectivity index (χ1) is 18.2. The number of pyridine rings is 1. The van der Waals surface area contributed by atoms with Gasteiger partial charge in [-0.05, 0) is 49.3 Å². The minimum atomic E-state index is -1.27. The highest BCUT2D eigenvalue weighted by atomic mass is 16.2. The lowest BCUT2D eigenvalue weighted by atomic mass is 9.99. The summed E-state index contributed by atoms with van der Waals surface area (Å²) in [5.74, 6) is -2.31. The molecule has 0 bridgehead atoms. The van der Waals surface area contributed by atoms with E-state index >= 15 is 0 Å². The fourth-order valence-electron chi connectivity index (χ4n) is 4.26. The van der Waals surface area contributed by atoms with E-state index in [2.05, 4.69) is 25.9 Å². The molecule has 2 atom stereocenters. The number of para-hydroxylation sites is 1. The summed E-state index contributed by atoms with van der Waals surface area (Å²) in [4.78, 5) is 70.0. The summed E-state index contributed by atoms with van der Waals surface area (Å²) in [5, 5.41) is 8.89. The Labute approximate surface area is 220 Å². The van der Waals surface area contributed by atoms with Gasteiger partial charge in [-0.15, -0.1) is 0 Å². The standard InChI is InChI=1S/C28H33N5O5/c1-16(2)12-22(33-27(37)23-13-18-6-3-4-8-20(18)31-23)26(36)32-21(14-19-7-5-11-29-25(19)35)24(34)28(38)30-15-17-9-10-17/h3-8,11,13,16-17,21-22,31H,9-10,12,14-15H2,1-2H3,(H,29,35)(H,30,38)(H,32,36)(H,33,37). The molecule has 2 aromatic heterocycles. The number of nitrogens with one attached hydrogen (secondary N) is 5. The van der Waals surface area contributed by atoms with Crippen molar-refractivity contribution in [2.45, 2.75) is 51.6 Å². The van der Waals surface area contributed by atoms with Crippen molar-refractivity contribution < 1.29 is 19.2 Å². The Hall–Kier alpha value is -4.21. The molecule has 1 fully saturated rings. The van der Waals surface area contributed by atoms with Gasteiger partial charge in [0.05, 0.1) is 0 Å². The Morgan fingerprint density at radius 2 is 1.76 bits per heavy atom. The normalized spacial score (nSPS) is 14.6. The van der Waals surface area contributed by atoms with Crippen LogP contribution < -0.4 is 21.5 Å². The molecule has 0 saturated heterocycles. The maximum atomic E-state index is 13.4. The summed E-state index contributed by atoms with van der Waals surface area (Å²) in [6, 6.07) is 10.0.